The zero-order valence-electron chi connectivity index (χ0n) is 11.6. The van der Waals surface area contributed by atoms with Crippen LogP contribution in [-0.4, -0.2) is 38.5 Å². The number of carbonyl (C=O) groups excluding carboxylic acids is 1. The Hall–Kier alpha value is -1.04. The second kappa shape index (κ2) is 9.83. The fourth-order valence-electron chi connectivity index (χ4n) is 1.47. The predicted molar refractivity (Wildman–Crippen MR) is 79.4 cm³/mol. The van der Waals surface area contributed by atoms with Crippen LogP contribution < -0.4 is 10.6 Å². The Balaban J connectivity index is 2.27. The summed E-state index contributed by atoms with van der Waals surface area (Å²) in [4.78, 5) is 12.6. The van der Waals surface area contributed by atoms with Crippen LogP contribution in [0.2, 0.25) is 0 Å². The highest BCUT2D eigenvalue weighted by Crippen LogP contribution is 2.18. The second-order valence-corrected chi connectivity index (χ2v) is 5.10. The Morgan fingerprint density at radius 2 is 2.05 bits per heavy atom. The molecule has 0 heterocycles. The number of ether oxygens (including phenoxy) is 1. The molecule has 19 heavy (non-hydrogen) atoms. The number of hydrogen-bond acceptors (Lipinski definition) is 4. The van der Waals surface area contributed by atoms with E-state index in [9.17, 15) is 4.79 Å². The molecule has 1 aromatic carbocycles. The van der Waals surface area contributed by atoms with E-state index in [-0.39, 0.29) is 5.91 Å². The maximum atomic E-state index is 11.5. The molecule has 0 saturated carbocycles. The summed E-state index contributed by atoms with van der Waals surface area (Å²) in [6.45, 7) is 5.07. The minimum atomic E-state index is 0.0405. The molecule has 106 valence electrons. The van der Waals surface area contributed by atoms with Gasteiger partial charge < -0.3 is 15.4 Å². The zero-order valence-corrected chi connectivity index (χ0v) is 12.4. The Bertz CT molecular complexity index is 368. The molecule has 2 N–H and O–H groups in total. The molecule has 1 rings (SSSR count). The molecule has 0 saturated heterocycles. The van der Waals surface area contributed by atoms with Crippen molar-refractivity contribution in [2.45, 2.75) is 18.4 Å². The first-order chi connectivity index (χ1) is 9.26. The SMILES string of the molecule is CCNCc1ccc(SCC(=O)NCCOC)cc1. The van der Waals surface area contributed by atoms with Crippen LogP contribution in [0.3, 0.4) is 0 Å². The molecule has 0 radical (unpaired) electrons. The smallest absolute Gasteiger partial charge is 0.230 e. The van der Waals surface area contributed by atoms with Crippen molar-refractivity contribution in [1.29, 1.82) is 0 Å². The Morgan fingerprint density at radius 3 is 2.68 bits per heavy atom. The van der Waals surface area contributed by atoms with Gasteiger partial charge in [0.2, 0.25) is 5.91 Å². The first-order valence-corrected chi connectivity index (χ1v) is 7.43. The average Bonchev–Trinajstić information content (AvgIpc) is 2.44. The van der Waals surface area contributed by atoms with E-state index in [1.54, 1.807) is 18.9 Å². The minimum absolute atomic E-state index is 0.0405. The minimum Gasteiger partial charge on any atom is -0.383 e. The van der Waals surface area contributed by atoms with E-state index in [0.29, 0.717) is 18.9 Å². The Kier molecular flexibility index (Phi) is 8.29. The number of thioether (sulfide) groups is 1. The number of hydrogen-bond donors (Lipinski definition) is 2. The number of carbonyl (C=O) groups is 1. The van der Waals surface area contributed by atoms with Crippen LogP contribution in [-0.2, 0) is 16.1 Å². The van der Waals surface area contributed by atoms with Gasteiger partial charge in [-0.15, -0.1) is 11.8 Å². The third kappa shape index (κ3) is 7.20. The molecule has 5 heteroatoms. The highest BCUT2D eigenvalue weighted by molar-refractivity contribution is 8.00. The third-order valence-corrected chi connectivity index (χ3v) is 3.51. The topological polar surface area (TPSA) is 50.4 Å². The molecule has 0 unspecified atom stereocenters. The molecule has 0 aliphatic rings. The summed E-state index contributed by atoms with van der Waals surface area (Å²) in [5.74, 6) is 0.481. The maximum Gasteiger partial charge on any atom is 0.230 e. The first-order valence-electron chi connectivity index (χ1n) is 6.44. The second-order valence-electron chi connectivity index (χ2n) is 4.06. The fraction of sp³-hybridized carbons (Fsp3) is 0.500. The van der Waals surface area contributed by atoms with Gasteiger partial charge in [0, 0.05) is 25.1 Å². The van der Waals surface area contributed by atoms with Crippen molar-refractivity contribution in [3.05, 3.63) is 29.8 Å². The number of methoxy groups -OCH3 is 1. The molecule has 0 bridgehead atoms. The lowest BCUT2D eigenvalue weighted by molar-refractivity contribution is -0.118. The largest absolute Gasteiger partial charge is 0.383 e. The van der Waals surface area contributed by atoms with Crippen LogP contribution in [0.5, 0.6) is 0 Å². The normalized spacial score (nSPS) is 10.4. The lowest BCUT2D eigenvalue weighted by atomic mass is 10.2. The summed E-state index contributed by atoms with van der Waals surface area (Å²) in [5.41, 5.74) is 1.26. The summed E-state index contributed by atoms with van der Waals surface area (Å²) >= 11 is 1.55. The molecule has 1 amide bonds. The Labute approximate surface area is 119 Å². The lowest BCUT2D eigenvalue weighted by Crippen LogP contribution is -2.28. The molecule has 0 aliphatic carbocycles. The van der Waals surface area contributed by atoms with Gasteiger partial charge in [0.25, 0.3) is 0 Å². The quantitative estimate of drug-likeness (QED) is 0.534. The van der Waals surface area contributed by atoms with Crippen molar-refractivity contribution >= 4 is 17.7 Å². The molecular formula is C14H22N2O2S. The van der Waals surface area contributed by atoms with Crippen molar-refractivity contribution in [3.63, 3.8) is 0 Å². The maximum absolute atomic E-state index is 11.5. The van der Waals surface area contributed by atoms with Gasteiger partial charge in [0.05, 0.1) is 12.4 Å². The monoisotopic (exact) mass is 282 g/mol. The van der Waals surface area contributed by atoms with Gasteiger partial charge in [-0.25, -0.2) is 0 Å². The highest BCUT2D eigenvalue weighted by atomic mass is 32.2. The van der Waals surface area contributed by atoms with E-state index >= 15 is 0 Å². The van der Waals surface area contributed by atoms with Crippen molar-refractivity contribution in [2.24, 2.45) is 0 Å². The third-order valence-electron chi connectivity index (χ3n) is 2.50. The van der Waals surface area contributed by atoms with Gasteiger partial charge >= 0.3 is 0 Å². The summed E-state index contributed by atoms with van der Waals surface area (Å²) in [5, 5.41) is 6.08. The van der Waals surface area contributed by atoms with Crippen molar-refractivity contribution in [1.82, 2.24) is 10.6 Å². The van der Waals surface area contributed by atoms with Crippen LogP contribution in [0.15, 0.2) is 29.2 Å². The summed E-state index contributed by atoms with van der Waals surface area (Å²) < 4.78 is 4.87. The van der Waals surface area contributed by atoms with Crippen molar-refractivity contribution in [3.8, 4) is 0 Å². The number of benzene rings is 1. The van der Waals surface area contributed by atoms with E-state index in [2.05, 4.69) is 41.8 Å². The summed E-state index contributed by atoms with van der Waals surface area (Å²) in [7, 11) is 1.62. The van der Waals surface area contributed by atoms with Crippen LogP contribution in [0.25, 0.3) is 0 Å². The van der Waals surface area contributed by atoms with Gasteiger partial charge in [-0.3, -0.25) is 4.79 Å². The van der Waals surface area contributed by atoms with Crippen LogP contribution >= 0.6 is 11.8 Å². The number of rotatable bonds is 9. The van der Waals surface area contributed by atoms with Gasteiger partial charge in [-0.1, -0.05) is 19.1 Å². The molecule has 0 atom stereocenters. The summed E-state index contributed by atoms with van der Waals surface area (Å²) in [6.07, 6.45) is 0. The van der Waals surface area contributed by atoms with Gasteiger partial charge in [0.1, 0.15) is 0 Å². The van der Waals surface area contributed by atoms with Gasteiger partial charge in [-0.2, -0.15) is 0 Å². The molecule has 0 aromatic heterocycles. The fourth-order valence-corrected chi connectivity index (χ4v) is 2.19. The van der Waals surface area contributed by atoms with E-state index < -0.39 is 0 Å². The zero-order chi connectivity index (χ0) is 13.9. The van der Waals surface area contributed by atoms with E-state index in [0.717, 1.165) is 18.0 Å². The van der Waals surface area contributed by atoms with Gasteiger partial charge in [-0.05, 0) is 24.2 Å². The van der Waals surface area contributed by atoms with Crippen LogP contribution in [0.1, 0.15) is 12.5 Å². The molecule has 4 nitrogen and oxygen atoms in total. The highest BCUT2D eigenvalue weighted by Gasteiger charge is 2.02. The molecule has 0 aliphatic heterocycles. The lowest BCUT2D eigenvalue weighted by Gasteiger charge is -2.06. The summed E-state index contributed by atoms with van der Waals surface area (Å²) in [6, 6.07) is 8.29. The van der Waals surface area contributed by atoms with Crippen LogP contribution in [0.4, 0.5) is 0 Å². The molecule has 0 spiro atoms. The number of amides is 1. The first kappa shape index (κ1) is 16.0. The van der Waals surface area contributed by atoms with Crippen LogP contribution in [0, 0.1) is 0 Å². The average molecular weight is 282 g/mol. The number of nitrogens with one attached hydrogen (secondary N) is 2. The van der Waals surface area contributed by atoms with E-state index in [1.165, 1.54) is 5.56 Å². The molecule has 0 fully saturated rings. The van der Waals surface area contributed by atoms with Crippen molar-refractivity contribution < 1.29 is 9.53 Å². The Morgan fingerprint density at radius 1 is 1.32 bits per heavy atom. The molecule has 1 aromatic rings. The van der Waals surface area contributed by atoms with Crippen molar-refractivity contribution in [2.75, 3.05) is 32.6 Å². The molecular weight excluding hydrogens is 260 g/mol. The van der Waals surface area contributed by atoms with Gasteiger partial charge in [0.15, 0.2) is 0 Å². The van der Waals surface area contributed by atoms with E-state index in [1.807, 2.05) is 0 Å². The predicted octanol–water partition coefficient (Wildman–Crippen LogP) is 1.65. The standard InChI is InChI=1S/C14H22N2O2S/c1-3-15-10-12-4-6-13(7-5-12)19-11-14(17)16-8-9-18-2/h4-7,15H,3,8-11H2,1-2H3,(H,16,17). The van der Waals surface area contributed by atoms with E-state index in [4.69, 9.17) is 4.74 Å².